The number of rotatable bonds is 5. The number of carbonyl (C=O) groups is 1. The van der Waals surface area contributed by atoms with Gasteiger partial charge in [-0.25, -0.2) is 0 Å². The standard InChI is InChI=1S/C17H20N2O/c1-13-7-6-10-16(11-13)19-17(20)12-18-14(2)15-8-4-3-5-9-15/h3-11,14,18H,12H2,1-2H3,(H,19,20)/p+1/t14-/m1/s1. The van der Waals surface area contributed by atoms with Crippen LogP contribution in [0.5, 0.6) is 0 Å². The van der Waals surface area contributed by atoms with E-state index in [4.69, 9.17) is 0 Å². The van der Waals surface area contributed by atoms with E-state index in [1.807, 2.05) is 54.7 Å². The van der Waals surface area contributed by atoms with Crippen molar-refractivity contribution in [2.45, 2.75) is 19.9 Å². The molecule has 0 aliphatic rings. The molecule has 2 aromatic rings. The molecule has 3 nitrogen and oxygen atoms in total. The van der Waals surface area contributed by atoms with Gasteiger partial charge in [-0.3, -0.25) is 4.79 Å². The summed E-state index contributed by atoms with van der Waals surface area (Å²) in [5.74, 6) is 0.0263. The number of nitrogens with two attached hydrogens (primary N) is 1. The van der Waals surface area contributed by atoms with E-state index in [-0.39, 0.29) is 11.9 Å². The summed E-state index contributed by atoms with van der Waals surface area (Å²) in [7, 11) is 0. The Kier molecular flexibility index (Phi) is 4.91. The fourth-order valence-electron chi connectivity index (χ4n) is 2.11. The van der Waals surface area contributed by atoms with Crippen molar-refractivity contribution in [3.05, 3.63) is 65.7 Å². The molecule has 104 valence electrons. The average molecular weight is 269 g/mol. The molecule has 0 spiro atoms. The van der Waals surface area contributed by atoms with Crippen molar-refractivity contribution in [2.24, 2.45) is 0 Å². The second kappa shape index (κ2) is 6.87. The minimum Gasteiger partial charge on any atom is -0.333 e. The Labute approximate surface area is 120 Å². The number of carbonyl (C=O) groups excluding carboxylic acids is 1. The minimum atomic E-state index is 0.0263. The van der Waals surface area contributed by atoms with E-state index >= 15 is 0 Å². The van der Waals surface area contributed by atoms with Crippen molar-refractivity contribution in [2.75, 3.05) is 11.9 Å². The Hall–Kier alpha value is -2.13. The van der Waals surface area contributed by atoms with Crippen molar-refractivity contribution in [1.29, 1.82) is 0 Å². The fraction of sp³-hybridized carbons (Fsp3) is 0.235. The maximum atomic E-state index is 11.9. The van der Waals surface area contributed by atoms with Crippen LogP contribution in [0, 0.1) is 6.92 Å². The van der Waals surface area contributed by atoms with Gasteiger partial charge < -0.3 is 10.6 Å². The van der Waals surface area contributed by atoms with Gasteiger partial charge in [0.2, 0.25) is 0 Å². The Bertz CT molecular complexity index is 566. The topological polar surface area (TPSA) is 45.7 Å². The number of quaternary nitrogens is 1. The van der Waals surface area contributed by atoms with Crippen LogP contribution in [0.25, 0.3) is 0 Å². The van der Waals surface area contributed by atoms with Crippen LogP contribution in [0.15, 0.2) is 54.6 Å². The predicted octanol–water partition coefficient (Wildman–Crippen LogP) is 2.26. The van der Waals surface area contributed by atoms with E-state index in [1.54, 1.807) is 0 Å². The Morgan fingerprint density at radius 3 is 2.60 bits per heavy atom. The average Bonchev–Trinajstić information content (AvgIpc) is 2.46. The van der Waals surface area contributed by atoms with E-state index in [0.717, 1.165) is 11.3 Å². The van der Waals surface area contributed by atoms with E-state index in [0.29, 0.717) is 6.54 Å². The third-order valence-corrected chi connectivity index (χ3v) is 3.28. The van der Waals surface area contributed by atoms with E-state index in [2.05, 4.69) is 24.4 Å². The molecule has 0 saturated heterocycles. The van der Waals surface area contributed by atoms with E-state index < -0.39 is 0 Å². The van der Waals surface area contributed by atoms with Crippen LogP contribution in [-0.2, 0) is 4.79 Å². The normalized spacial score (nSPS) is 11.9. The number of anilines is 1. The van der Waals surface area contributed by atoms with Crippen molar-refractivity contribution in [3.63, 3.8) is 0 Å². The summed E-state index contributed by atoms with van der Waals surface area (Å²) in [5, 5.41) is 4.96. The zero-order chi connectivity index (χ0) is 14.4. The first kappa shape index (κ1) is 14.3. The van der Waals surface area contributed by atoms with Gasteiger partial charge in [0, 0.05) is 11.3 Å². The zero-order valence-corrected chi connectivity index (χ0v) is 12.0. The van der Waals surface area contributed by atoms with Gasteiger partial charge in [0.05, 0.1) is 0 Å². The summed E-state index contributed by atoms with van der Waals surface area (Å²) in [6.45, 7) is 4.54. The Morgan fingerprint density at radius 1 is 1.15 bits per heavy atom. The zero-order valence-electron chi connectivity index (χ0n) is 12.0. The molecule has 3 heteroatoms. The molecule has 0 radical (unpaired) electrons. The lowest BCUT2D eigenvalue weighted by Crippen LogP contribution is -2.86. The van der Waals surface area contributed by atoms with Crippen molar-refractivity contribution in [3.8, 4) is 0 Å². The van der Waals surface area contributed by atoms with Crippen molar-refractivity contribution < 1.29 is 10.1 Å². The molecule has 1 atom stereocenters. The molecule has 3 N–H and O–H groups in total. The van der Waals surface area contributed by atoms with Crippen LogP contribution in [0.2, 0.25) is 0 Å². The first-order valence-corrected chi connectivity index (χ1v) is 6.90. The van der Waals surface area contributed by atoms with Gasteiger partial charge >= 0.3 is 0 Å². The van der Waals surface area contributed by atoms with Crippen LogP contribution in [0.3, 0.4) is 0 Å². The number of aryl methyl sites for hydroxylation is 1. The van der Waals surface area contributed by atoms with Gasteiger partial charge in [-0.05, 0) is 31.5 Å². The first-order valence-electron chi connectivity index (χ1n) is 6.90. The molecular formula is C17H21N2O+. The smallest absolute Gasteiger partial charge is 0.279 e. The van der Waals surface area contributed by atoms with Crippen LogP contribution >= 0.6 is 0 Å². The molecule has 0 heterocycles. The number of nitrogens with one attached hydrogen (secondary N) is 1. The molecule has 0 aromatic heterocycles. The van der Waals surface area contributed by atoms with Gasteiger partial charge in [-0.15, -0.1) is 0 Å². The van der Waals surface area contributed by atoms with Crippen LogP contribution in [0.1, 0.15) is 24.1 Å². The van der Waals surface area contributed by atoms with Gasteiger partial charge in [0.15, 0.2) is 6.54 Å². The lowest BCUT2D eigenvalue weighted by atomic mass is 10.1. The molecule has 0 bridgehead atoms. The lowest BCUT2D eigenvalue weighted by molar-refractivity contribution is -0.682. The molecule has 0 fully saturated rings. The van der Waals surface area contributed by atoms with Gasteiger partial charge in [0.25, 0.3) is 5.91 Å². The second-order valence-electron chi connectivity index (χ2n) is 5.06. The number of benzene rings is 2. The maximum Gasteiger partial charge on any atom is 0.279 e. The molecule has 0 saturated carbocycles. The van der Waals surface area contributed by atoms with Crippen molar-refractivity contribution in [1.82, 2.24) is 0 Å². The molecule has 2 aromatic carbocycles. The summed E-state index contributed by atoms with van der Waals surface area (Å²) >= 11 is 0. The maximum absolute atomic E-state index is 11.9. The first-order chi connectivity index (χ1) is 9.65. The van der Waals surface area contributed by atoms with Crippen LogP contribution in [-0.4, -0.2) is 12.5 Å². The summed E-state index contributed by atoms with van der Waals surface area (Å²) in [4.78, 5) is 11.9. The highest BCUT2D eigenvalue weighted by Gasteiger charge is 2.11. The predicted molar refractivity (Wildman–Crippen MR) is 81.5 cm³/mol. The second-order valence-corrected chi connectivity index (χ2v) is 5.06. The molecular weight excluding hydrogens is 248 g/mol. The van der Waals surface area contributed by atoms with Gasteiger partial charge in [-0.2, -0.15) is 0 Å². The van der Waals surface area contributed by atoms with Crippen LogP contribution < -0.4 is 10.6 Å². The molecule has 0 aliphatic heterocycles. The Morgan fingerprint density at radius 2 is 1.90 bits per heavy atom. The summed E-state index contributed by atoms with van der Waals surface area (Å²) in [6, 6.07) is 18.3. The highest BCUT2D eigenvalue weighted by molar-refractivity contribution is 5.91. The van der Waals surface area contributed by atoms with Crippen LogP contribution in [0.4, 0.5) is 5.69 Å². The third kappa shape index (κ3) is 4.21. The van der Waals surface area contributed by atoms with Gasteiger partial charge in [-0.1, -0.05) is 42.5 Å². The SMILES string of the molecule is Cc1cccc(NC(=O)C[NH2+][C@H](C)c2ccccc2)c1. The molecule has 2 rings (SSSR count). The lowest BCUT2D eigenvalue weighted by Gasteiger charge is -2.11. The quantitative estimate of drug-likeness (QED) is 0.859. The number of amides is 1. The highest BCUT2D eigenvalue weighted by atomic mass is 16.1. The minimum absolute atomic E-state index is 0.0263. The van der Waals surface area contributed by atoms with Gasteiger partial charge in [0.1, 0.15) is 6.04 Å². The Balaban J connectivity index is 1.83. The third-order valence-electron chi connectivity index (χ3n) is 3.28. The van der Waals surface area contributed by atoms with Crippen molar-refractivity contribution >= 4 is 11.6 Å². The van der Waals surface area contributed by atoms with E-state index in [1.165, 1.54) is 5.56 Å². The molecule has 1 amide bonds. The highest BCUT2D eigenvalue weighted by Crippen LogP contribution is 2.09. The summed E-state index contributed by atoms with van der Waals surface area (Å²) in [6.07, 6.45) is 0. The number of hydrogen-bond donors (Lipinski definition) is 2. The summed E-state index contributed by atoms with van der Waals surface area (Å²) in [5.41, 5.74) is 3.23. The van der Waals surface area contributed by atoms with E-state index in [9.17, 15) is 4.79 Å². The summed E-state index contributed by atoms with van der Waals surface area (Å²) < 4.78 is 0. The molecule has 20 heavy (non-hydrogen) atoms. The monoisotopic (exact) mass is 269 g/mol. The molecule has 0 unspecified atom stereocenters. The largest absolute Gasteiger partial charge is 0.333 e. The molecule has 0 aliphatic carbocycles. The number of hydrogen-bond acceptors (Lipinski definition) is 1. The fourth-order valence-corrected chi connectivity index (χ4v) is 2.11.